The molecule has 0 aliphatic heterocycles. The van der Waals surface area contributed by atoms with E-state index in [0.717, 1.165) is 12.1 Å². The van der Waals surface area contributed by atoms with Crippen molar-refractivity contribution in [2.24, 2.45) is 0 Å². The number of carbonyl (C=O) groups excluding carboxylic acids is 1. The lowest BCUT2D eigenvalue weighted by molar-refractivity contribution is -0.120. The summed E-state index contributed by atoms with van der Waals surface area (Å²) in [5.74, 6) is 0.0222. The number of aryl methyl sites for hydroxylation is 1. The maximum absolute atomic E-state index is 11.1. The third-order valence-electron chi connectivity index (χ3n) is 1.84. The fraction of sp³-hybridized carbons (Fsp3) is 0.364. The Morgan fingerprint density at radius 2 is 2.21 bits per heavy atom. The lowest BCUT2D eigenvalue weighted by Crippen LogP contribution is -2.28. The lowest BCUT2D eigenvalue weighted by atomic mass is 10.2. The van der Waals surface area contributed by atoms with Gasteiger partial charge in [-0.05, 0) is 31.0 Å². The smallest absolute Gasteiger partial charge is 0.238 e. The van der Waals surface area contributed by atoms with E-state index >= 15 is 0 Å². The minimum Gasteiger partial charge on any atom is -0.299 e. The number of anilines is 1. The molecule has 0 radical (unpaired) electrons. The Kier molecular flexibility index (Phi) is 3.98. The van der Waals surface area contributed by atoms with E-state index in [1.807, 2.05) is 38.1 Å². The Labute approximate surface area is 84.5 Å². The molecule has 0 saturated carbocycles. The van der Waals surface area contributed by atoms with Crippen LogP contribution in [0.4, 0.5) is 5.69 Å². The molecule has 0 fully saturated rings. The largest absolute Gasteiger partial charge is 0.299 e. The maximum atomic E-state index is 11.1. The van der Waals surface area contributed by atoms with Crippen molar-refractivity contribution in [1.82, 2.24) is 5.43 Å². The maximum Gasteiger partial charge on any atom is 0.238 e. The van der Waals surface area contributed by atoms with Crippen LogP contribution in [0.15, 0.2) is 24.3 Å². The second-order valence-corrected chi connectivity index (χ2v) is 3.29. The topological polar surface area (TPSA) is 41.1 Å². The van der Waals surface area contributed by atoms with Crippen LogP contribution in [0.1, 0.15) is 25.3 Å². The van der Waals surface area contributed by atoms with Gasteiger partial charge in [-0.15, -0.1) is 0 Å². The normalized spacial score (nSPS) is 9.57. The summed E-state index contributed by atoms with van der Waals surface area (Å²) in [5, 5.41) is 0. The highest BCUT2D eigenvalue weighted by Gasteiger charge is 1.97. The van der Waals surface area contributed by atoms with Crippen LogP contribution in [0.5, 0.6) is 0 Å². The monoisotopic (exact) mass is 192 g/mol. The minimum atomic E-state index is 0.0222. The van der Waals surface area contributed by atoms with Gasteiger partial charge < -0.3 is 0 Å². The Morgan fingerprint density at radius 3 is 2.86 bits per heavy atom. The number of hydrogen-bond acceptors (Lipinski definition) is 2. The Bertz CT molecular complexity index is 310. The van der Waals surface area contributed by atoms with Crippen molar-refractivity contribution in [1.29, 1.82) is 0 Å². The molecule has 1 aromatic carbocycles. The summed E-state index contributed by atoms with van der Waals surface area (Å²) in [6, 6.07) is 7.86. The standard InChI is InChI=1S/C11H16N2O/c1-3-5-11(14)13-12-10-7-4-6-9(2)8-10/h4,6-8,12H,3,5H2,1-2H3,(H,13,14). The molecule has 0 saturated heterocycles. The highest BCUT2D eigenvalue weighted by molar-refractivity contribution is 5.77. The molecule has 0 spiro atoms. The van der Waals surface area contributed by atoms with Gasteiger partial charge in [-0.1, -0.05) is 19.1 Å². The summed E-state index contributed by atoms with van der Waals surface area (Å²) in [6.45, 7) is 3.99. The van der Waals surface area contributed by atoms with Gasteiger partial charge >= 0.3 is 0 Å². The van der Waals surface area contributed by atoms with Gasteiger partial charge in [0.25, 0.3) is 0 Å². The quantitative estimate of drug-likeness (QED) is 0.718. The first-order valence-corrected chi connectivity index (χ1v) is 4.84. The average Bonchev–Trinajstić information content (AvgIpc) is 2.15. The SMILES string of the molecule is CCCC(=O)NNc1cccc(C)c1. The van der Waals surface area contributed by atoms with Crippen molar-refractivity contribution >= 4 is 11.6 Å². The van der Waals surface area contributed by atoms with Crippen LogP contribution in [-0.2, 0) is 4.79 Å². The van der Waals surface area contributed by atoms with Crippen LogP contribution in [0.3, 0.4) is 0 Å². The van der Waals surface area contributed by atoms with E-state index in [-0.39, 0.29) is 5.91 Å². The van der Waals surface area contributed by atoms with Crippen molar-refractivity contribution < 1.29 is 4.79 Å². The van der Waals surface area contributed by atoms with Gasteiger partial charge in [-0.2, -0.15) is 0 Å². The molecule has 0 heterocycles. The highest BCUT2D eigenvalue weighted by atomic mass is 16.2. The molecule has 0 bridgehead atoms. The van der Waals surface area contributed by atoms with E-state index in [1.54, 1.807) is 0 Å². The molecule has 0 unspecified atom stereocenters. The minimum absolute atomic E-state index is 0.0222. The van der Waals surface area contributed by atoms with Crippen molar-refractivity contribution in [2.45, 2.75) is 26.7 Å². The van der Waals surface area contributed by atoms with Crippen molar-refractivity contribution in [2.75, 3.05) is 5.43 Å². The fourth-order valence-electron chi connectivity index (χ4n) is 1.15. The van der Waals surface area contributed by atoms with Gasteiger partial charge in [0.05, 0.1) is 5.69 Å². The first kappa shape index (κ1) is 10.6. The Balaban J connectivity index is 2.41. The predicted molar refractivity (Wildman–Crippen MR) is 57.9 cm³/mol. The summed E-state index contributed by atoms with van der Waals surface area (Å²) in [5.41, 5.74) is 7.59. The van der Waals surface area contributed by atoms with E-state index in [1.165, 1.54) is 5.56 Å². The molecule has 14 heavy (non-hydrogen) atoms. The second-order valence-electron chi connectivity index (χ2n) is 3.29. The van der Waals surface area contributed by atoms with Crippen molar-refractivity contribution in [3.63, 3.8) is 0 Å². The van der Waals surface area contributed by atoms with E-state index < -0.39 is 0 Å². The number of benzene rings is 1. The zero-order valence-corrected chi connectivity index (χ0v) is 8.63. The van der Waals surface area contributed by atoms with Crippen molar-refractivity contribution in [3.05, 3.63) is 29.8 Å². The molecular formula is C11H16N2O. The number of carbonyl (C=O) groups is 1. The first-order chi connectivity index (χ1) is 6.72. The summed E-state index contributed by atoms with van der Waals surface area (Å²) in [4.78, 5) is 11.1. The van der Waals surface area contributed by atoms with Gasteiger partial charge in [0, 0.05) is 6.42 Å². The zero-order valence-electron chi connectivity index (χ0n) is 8.63. The molecular weight excluding hydrogens is 176 g/mol. The molecule has 0 atom stereocenters. The molecule has 1 amide bonds. The van der Waals surface area contributed by atoms with Gasteiger partial charge in [0.2, 0.25) is 5.91 Å². The number of hydrogen-bond donors (Lipinski definition) is 2. The average molecular weight is 192 g/mol. The number of nitrogens with one attached hydrogen (secondary N) is 2. The van der Waals surface area contributed by atoms with Gasteiger partial charge in [-0.25, -0.2) is 0 Å². The number of hydrazine groups is 1. The zero-order chi connectivity index (χ0) is 10.4. The predicted octanol–water partition coefficient (Wildman–Crippen LogP) is 2.24. The van der Waals surface area contributed by atoms with Crippen LogP contribution in [0, 0.1) is 6.92 Å². The Morgan fingerprint density at radius 1 is 1.43 bits per heavy atom. The molecule has 3 nitrogen and oxygen atoms in total. The van der Waals surface area contributed by atoms with E-state index in [9.17, 15) is 4.79 Å². The third-order valence-corrected chi connectivity index (χ3v) is 1.84. The van der Waals surface area contributed by atoms with Gasteiger partial charge in [0.1, 0.15) is 0 Å². The first-order valence-electron chi connectivity index (χ1n) is 4.84. The Hall–Kier alpha value is -1.51. The molecule has 0 aliphatic carbocycles. The molecule has 0 aromatic heterocycles. The van der Waals surface area contributed by atoms with E-state index in [2.05, 4.69) is 10.9 Å². The summed E-state index contributed by atoms with van der Waals surface area (Å²) in [7, 11) is 0. The molecule has 3 heteroatoms. The summed E-state index contributed by atoms with van der Waals surface area (Å²) < 4.78 is 0. The third kappa shape index (κ3) is 3.47. The second kappa shape index (κ2) is 5.27. The summed E-state index contributed by atoms with van der Waals surface area (Å²) in [6.07, 6.45) is 1.42. The molecule has 0 aliphatic rings. The van der Waals surface area contributed by atoms with E-state index in [0.29, 0.717) is 6.42 Å². The molecule has 76 valence electrons. The lowest BCUT2D eigenvalue weighted by Gasteiger charge is -2.08. The van der Waals surface area contributed by atoms with Crippen LogP contribution in [-0.4, -0.2) is 5.91 Å². The molecule has 2 N–H and O–H groups in total. The number of amides is 1. The van der Waals surface area contributed by atoms with Crippen LogP contribution >= 0.6 is 0 Å². The summed E-state index contributed by atoms with van der Waals surface area (Å²) >= 11 is 0. The van der Waals surface area contributed by atoms with Crippen molar-refractivity contribution in [3.8, 4) is 0 Å². The van der Waals surface area contributed by atoms with Crippen LogP contribution in [0.2, 0.25) is 0 Å². The fourth-order valence-corrected chi connectivity index (χ4v) is 1.15. The van der Waals surface area contributed by atoms with E-state index in [4.69, 9.17) is 0 Å². The molecule has 1 rings (SSSR count). The number of rotatable bonds is 4. The van der Waals surface area contributed by atoms with Crippen LogP contribution < -0.4 is 10.9 Å². The highest BCUT2D eigenvalue weighted by Crippen LogP contribution is 2.07. The molecule has 1 aromatic rings. The van der Waals surface area contributed by atoms with Gasteiger partial charge in [0.15, 0.2) is 0 Å². The van der Waals surface area contributed by atoms with Crippen LogP contribution in [0.25, 0.3) is 0 Å². The van der Waals surface area contributed by atoms with Gasteiger partial charge in [-0.3, -0.25) is 15.6 Å².